The van der Waals surface area contributed by atoms with Crippen molar-refractivity contribution in [3.8, 4) is 11.1 Å². The SMILES string of the molecule is Cc1cccc(-c2ccc(CNC(C)C)cc2F)c1. The normalized spacial score (nSPS) is 11.0. The number of hydrogen-bond donors (Lipinski definition) is 1. The average molecular weight is 257 g/mol. The van der Waals surface area contributed by atoms with Crippen LogP contribution in [0.5, 0.6) is 0 Å². The molecule has 2 aromatic rings. The summed E-state index contributed by atoms with van der Waals surface area (Å²) in [7, 11) is 0. The first-order valence-corrected chi connectivity index (χ1v) is 6.65. The fraction of sp³-hybridized carbons (Fsp3) is 0.294. The summed E-state index contributed by atoms with van der Waals surface area (Å²) in [6.45, 7) is 6.87. The predicted octanol–water partition coefficient (Wildman–Crippen LogP) is 4.30. The summed E-state index contributed by atoms with van der Waals surface area (Å²) < 4.78 is 14.2. The molecular weight excluding hydrogens is 237 g/mol. The third-order valence-electron chi connectivity index (χ3n) is 3.08. The van der Waals surface area contributed by atoms with Crippen molar-refractivity contribution in [2.24, 2.45) is 0 Å². The van der Waals surface area contributed by atoms with Crippen LogP contribution in [0.2, 0.25) is 0 Å². The van der Waals surface area contributed by atoms with Crippen LogP contribution in [0.15, 0.2) is 42.5 Å². The van der Waals surface area contributed by atoms with E-state index in [9.17, 15) is 4.39 Å². The van der Waals surface area contributed by atoms with Crippen LogP contribution in [-0.2, 0) is 6.54 Å². The number of rotatable bonds is 4. The van der Waals surface area contributed by atoms with Crippen molar-refractivity contribution in [1.29, 1.82) is 0 Å². The molecule has 0 atom stereocenters. The number of aryl methyl sites for hydroxylation is 1. The molecule has 0 aliphatic rings. The van der Waals surface area contributed by atoms with E-state index < -0.39 is 0 Å². The molecule has 0 spiro atoms. The smallest absolute Gasteiger partial charge is 0.131 e. The summed E-state index contributed by atoms with van der Waals surface area (Å²) in [5, 5.41) is 3.29. The molecule has 0 unspecified atom stereocenters. The van der Waals surface area contributed by atoms with Gasteiger partial charge in [0, 0.05) is 18.2 Å². The van der Waals surface area contributed by atoms with Crippen LogP contribution in [0.3, 0.4) is 0 Å². The van der Waals surface area contributed by atoms with Crippen molar-refractivity contribution in [2.45, 2.75) is 33.4 Å². The standard InChI is InChI=1S/C17H20FN/c1-12(2)19-11-14-7-8-16(17(18)10-14)15-6-4-5-13(3)9-15/h4-10,12,19H,11H2,1-3H3. The molecule has 0 amide bonds. The Kier molecular flexibility index (Phi) is 4.33. The molecule has 1 N–H and O–H groups in total. The van der Waals surface area contributed by atoms with Crippen LogP contribution >= 0.6 is 0 Å². The maximum absolute atomic E-state index is 14.2. The zero-order valence-electron chi connectivity index (χ0n) is 11.7. The lowest BCUT2D eigenvalue weighted by Crippen LogP contribution is -2.21. The molecule has 1 nitrogen and oxygen atoms in total. The monoisotopic (exact) mass is 257 g/mol. The van der Waals surface area contributed by atoms with Gasteiger partial charge in [-0.3, -0.25) is 0 Å². The third kappa shape index (κ3) is 3.65. The van der Waals surface area contributed by atoms with Gasteiger partial charge in [-0.2, -0.15) is 0 Å². The summed E-state index contributed by atoms with van der Waals surface area (Å²) in [5.41, 5.74) is 3.71. The molecule has 0 aliphatic heterocycles. The highest BCUT2D eigenvalue weighted by Crippen LogP contribution is 2.24. The van der Waals surface area contributed by atoms with E-state index in [0.29, 0.717) is 18.2 Å². The summed E-state index contributed by atoms with van der Waals surface area (Å²) in [6.07, 6.45) is 0. The summed E-state index contributed by atoms with van der Waals surface area (Å²) in [5.74, 6) is -0.159. The minimum Gasteiger partial charge on any atom is -0.310 e. The lowest BCUT2D eigenvalue weighted by molar-refractivity contribution is 0.582. The van der Waals surface area contributed by atoms with Crippen molar-refractivity contribution in [1.82, 2.24) is 5.32 Å². The summed E-state index contributed by atoms with van der Waals surface area (Å²) in [6, 6.07) is 13.8. The summed E-state index contributed by atoms with van der Waals surface area (Å²) in [4.78, 5) is 0. The predicted molar refractivity (Wildman–Crippen MR) is 78.5 cm³/mol. The van der Waals surface area contributed by atoms with E-state index in [1.54, 1.807) is 6.07 Å². The molecule has 0 radical (unpaired) electrons. The van der Waals surface area contributed by atoms with Gasteiger partial charge in [0.25, 0.3) is 0 Å². The second-order valence-corrected chi connectivity index (χ2v) is 5.22. The molecule has 0 aromatic heterocycles. The van der Waals surface area contributed by atoms with E-state index in [1.165, 1.54) is 0 Å². The molecule has 0 heterocycles. The molecule has 2 heteroatoms. The Morgan fingerprint density at radius 3 is 2.53 bits per heavy atom. The van der Waals surface area contributed by atoms with Crippen molar-refractivity contribution >= 4 is 0 Å². The van der Waals surface area contributed by atoms with Crippen LogP contribution in [0.4, 0.5) is 4.39 Å². The molecule has 19 heavy (non-hydrogen) atoms. The molecular formula is C17H20FN. The van der Waals surface area contributed by atoms with Crippen molar-refractivity contribution in [3.05, 3.63) is 59.4 Å². The van der Waals surface area contributed by atoms with Crippen molar-refractivity contribution in [3.63, 3.8) is 0 Å². The highest BCUT2D eigenvalue weighted by Gasteiger charge is 2.06. The van der Waals surface area contributed by atoms with Gasteiger partial charge in [-0.15, -0.1) is 0 Å². The van der Waals surface area contributed by atoms with Gasteiger partial charge < -0.3 is 5.32 Å². The summed E-state index contributed by atoms with van der Waals surface area (Å²) >= 11 is 0. The van der Waals surface area contributed by atoms with E-state index in [0.717, 1.165) is 16.7 Å². The highest BCUT2D eigenvalue weighted by molar-refractivity contribution is 5.65. The Morgan fingerprint density at radius 1 is 1.11 bits per heavy atom. The molecule has 0 saturated heterocycles. The van der Waals surface area contributed by atoms with Gasteiger partial charge in [0.2, 0.25) is 0 Å². The van der Waals surface area contributed by atoms with Gasteiger partial charge in [-0.1, -0.05) is 55.8 Å². The topological polar surface area (TPSA) is 12.0 Å². The molecule has 2 rings (SSSR count). The molecule has 0 fully saturated rings. The molecule has 2 aromatic carbocycles. The van der Waals surface area contributed by atoms with Crippen LogP contribution in [-0.4, -0.2) is 6.04 Å². The Bertz CT molecular complexity index is 561. The van der Waals surface area contributed by atoms with E-state index >= 15 is 0 Å². The average Bonchev–Trinajstić information content (AvgIpc) is 2.36. The van der Waals surface area contributed by atoms with Crippen molar-refractivity contribution in [2.75, 3.05) is 0 Å². The van der Waals surface area contributed by atoms with Gasteiger partial charge in [-0.25, -0.2) is 4.39 Å². The Morgan fingerprint density at radius 2 is 1.89 bits per heavy atom. The second kappa shape index (κ2) is 5.98. The van der Waals surface area contributed by atoms with Gasteiger partial charge in [-0.05, 0) is 24.1 Å². The lowest BCUT2D eigenvalue weighted by atomic mass is 10.0. The minimum absolute atomic E-state index is 0.159. The van der Waals surface area contributed by atoms with Crippen molar-refractivity contribution < 1.29 is 4.39 Å². The maximum atomic E-state index is 14.2. The number of nitrogens with one attached hydrogen (secondary N) is 1. The fourth-order valence-corrected chi connectivity index (χ4v) is 2.04. The second-order valence-electron chi connectivity index (χ2n) is 5.22. The minimum atomic E-state index is -0.159. The maximum Gasteiger partial charge on any atom is 0.131 e. The molecule has 0 aliphatic carbocycles. The number of halogens is 1. The van der Waals surface area contributed by atoms with Crippen LogP contribution in [0.25, 0.3) is 11.1 Å². The first kappa shape index (κ1) is 13.8. The van der Waals surface area contributed by atoms with Gasteiger partial charge in [0.15, 0.2) is 0 Å². The molecule has 0 bridgehead atoms. The van der Waals surface area contributed by atoms with E-state index in [1.807, 2.05) is 43.3 Å². The zero-order valence-corrected chi connectivity index (χ0v) is 11.7. The third-order valence-corrected chi connectivity index (χ3v) is 3.08. The molecule has 0 saturated carbocycles. The van der Waals surface area contributed by atoms with Crippen LogP contribution < -0.4 is 5.32 Å². The van der Waals surface area contributed by atoms with Gasteiger partial charge in [0.05, 0.1) is 0 Å². The molecule has 100 valence electrons. The zero-order chi connectivity index (χ0) is 13.8. The van der Waals surface area contributed by atoms with Gasteiger partial charge >= 0.3 is 0 Å². The fourth-order valence-electron chi connectivity index (χ4n) is 2.04. The lowest BCUT2D eigenvalue weighted by Gasteiger charge is -2.10. The highest BCUT2D eigenvalue weighted by atomic mass is 19.1. The first-order chi connectivity index (χ1) is 9.06. The van der Waals surface area contributed by atoms with E-state index in [2.05, 4.69) is 19.2 Å². The largest absolute Gasteiger partial charge is 0.310 e. The number of hydrogen-bond acceptors (Lipinski definition) is 1. The van der Waals surface area contributed by atoms with Crippen LogP contribution in [0, 0.1) is 12.7 Å². The Labute approximate surface area is 114 Å². The first-order valence-electron chi connectivity index (χ1n) is 6.65. The Balaban J connectivity index is 2.24. The number of benzene rings is 2. The Hall–Kier alpha value is -1.67. The van der Waals surface area contributed by atoms with E-state index in [-0.39, 0.29) is 5.82 Å². The van der Waals surface area contributed by atoms with Gasteiger partial charge in [0.1, 0.15) is 5.82 Å². The quantitative estimate of drug-likeness (QED) is 0.861. The van der Waals surface area contributed by atoms with E-state index in [4.69, 9.17) is 0 Å². The van der Waals surface area contributed by atoms with Crippen LogP contribution in [0.1, 0.15) is 25.0 Å².